The van der Waals surface area contributed by atoms with Gasteiger partial charge in [0, 0.05) is 40.9 Å². The maximum atomic E-state index is 14.3. The number of allylic oxidation sites excluding steroid dienone is 4. The average molecular weight is 353 g/mol. The van der Waals surface area contributed by atoms with Crippen LogP contribution in [-0.4, -0.2) is 19.3 Å². The summed E-state index contributed by atoms with van der Waals surface area (Å²) in [5.41, 5.74) is 6.50. The Morgan fingerprint density at radius 2 is 2.08 bits per heavy atom. The minimum Gasteiger partial charge on any atom is -0.402 e. The van der Waals surface area contributed by atoms with Crippen molar-refractivity contribution >= 4 is 17.5 Å². The molecular formula is C18H19F4N3. The van der Waals surface area contributed by atoms with Gasteiger partial charge in [-0.15, -0.1) is 0 Å². The van der Waals surface area contributed by atoms with Gasteiger partial charge in [0.25, 0.3) is 0 Å². The van der Waals surface area contributed by atoms with Crippen LogP contribution in [0.1, 0.15) is 12.5 Å². The molecule has 0 aromatic heterocycles. The molecule has 0 saturated heterocycles. The first-order chi connectivity index (χ1) is 11.8. The van der Waals surface area contributed by atoms with Crippen LogP contribution in [0.2, 0.25) is 0 Å². The fourth-order valence-electron chi connectivity index (χ4n) is 1.94. The Morgan fingerprint density at radius 1 is 1.40 bits per heavy atom. The van der Waals surface area contributed by atoms with E-state index < -0.39 is 18.2 Å². The zero-order chi connectivity index (χ0) is 19.0. The Balaban J connectivity index is 3.04. The molecular weight excluding hydrogens is 334 g/mol. The Kier molecular flexibility index (Phi) is 7.65. The van der Waals surface area contributed by atoms with E-state index in [-0.39, 0.29) is 29.0 Å². The monoisotopic (exact) mass is 353 g/mol. The first-order valence-electron chi connectivity index (χ1n) is 7.24. The maximum Gasteiger partial charge on any atom is 0.331 e. The van der Waals surface area contributed by atoms with Crippen molar-refractivity contribution in [3.63, 3.8) is 0 Å². The highest BCUT2D eigenvalue weighted by Crippen LogP contribution is 2.23. The van der Waals surface area contributed by atoms with Crippen LogP contribution < -0.4 is 11.1 Å². The van der Waals surface area contributed by atoms with Gasteiger partial charge in [0.15, 0.2) is 0 Å². The number of nitrogens with two attached hydrogens (primary N) is 1. The predicted molar refractivity (Wildman–Crippen MR) is 94.7 cm³/mol. The highest BCUT2D eigenvalue weighted by molar-refractivity contribution is 6.10. The molecule has 3 nitrogen and oxygen atoms in total. The number of rotatable bonds is 8. The van der Waals surface area contributed by atoms with Crippen LogP contribution in [0.4, 0.5) is 23.2 Å². The fourth-order valence-corrected chi connectivity index (χ4v) is 1.94. The van der Waals surface area contributed by atoms with Gasteiger partial charge in [-0.3, -0.25) is 0 Å². The van der Waals surface area contributed by atoms with Gasteiger partial charge >= 0.3 is 6.55 Å². The Morgan fingerprint density at radius 3 is 2.56 bits per heavy atom. The second kappa shape index (κ2) is 9.46. The third-order valence-electron chi connectivity index (χ3n) is 3.15. The summed E-state index contributed by atoms with van der Waals surface area (Å²) >= 11 is 0. The summed E-state index contributed by atoms with van der Waals surface area (Å²) in [6, 6.07) is 4.05. The third-order valence-corrected chi connectivity index (χ3v) is 3.15. The summed E-state index contributed by atoms with van der Waals surface area (Å²) in [6.07, 6.45) is 3.69. The minimum absolute atomic E-state index is 0.0340. The summed E-state index contributed by atoms with van der Waals surface area (Å²) in [6.45, 7) is 5.29. The van der Waals surface area contributed by atoms with E-state index in [1.807, 2.05) is 0 Å². The quantitative estimate of drug-likeness (QED) is 0.305. The van der Waals surface area contributed by atoms with Crippen molar-refractivity contribution in [1.29, 1.82) is 0 Å². The molecule has 0 amide bonds. The van der Waals surface area contributed by atoms with Gasteiger partial charge in [0.05, 0.1) is 0 Å². The predicted octanol–water partition coefficient (Wildman–Crippen LogP) is 4.82. The number of hydrogen-bond acceptors (Lipinski definition) is 3. The Bertz CT molecular complexity index is 730. The van der Waals surface area contributed by atoms with Crippen LogP contribution >= 0.6 is 0 Å². The largest absolute Gasteiger partial charge is 0.402 e. The molecule has 0 aliphatic rings. The standard InChI is InChI=1S/C18H19F4N3/c1-4-5-13(11(2)19)9-24-14-6-7-15(17(20)8-14)16(12(3)23)10-25-18(21)22/h4-8,10,18,24H,1-2,9,23H2,3H3/b13-5-,16-12+,25-10+. The lowest BCUT2D eigenvalue weighted by Crippen LogP contribution is -2.07. The molecule has 0 aliphatic heterocycles. The van der Waals surface area contributed by atoms with Crippen LogP contribution in [0.5, 0.6) is 0 Å². The highest BCUT2D eigenvalue weighted by Gasteiger charge is 2.11. The second-order valence-electron chi connectivity index (χ2n) is 5.03. The molecule has 1 rings (SSSR count). The second-order valence-corrected chi connectivity index (χ2v) is 5.03. The molecule has 0 aliphatic carbocycles. The van der Waals surface area contributed by atoms with Gasteiger partial charge in [-0.1, -0.05) is 25.3 Å². The molecule has 0 unspecified atom stereocenters. The van der Waals surface area contributed by atoms with Crippen molar-refractivity contribution in [3.05, 3.63) is 72.0 Å². The van der Waals surface area contributed by atoms with E-state index in [2.05, 4.69) is 23.5 Å². The summed E-state index contributed by atoms with van der Waals surface area (Å²) < 4.78 is 52.0. The van der Waals surface area contributed by atoms with Crippen molar-refractivity contribution < 1.29 is 17.6 Å². The van der Waals surface area contributed by atoms with Crippen molar-refractivity contribution in [2.75, 3.05) is 11.9 Å². The zero-order valence-electron chi connectivity index (χ0n) is 13.7. The van der Waals surface area contributed by atoms with E-state index in [1.165, 1.54) is 31.2 Å². The van der Waals surface area contributed by atoms with E-state index in [4.69, 9.17) is 5.73 Å². The fraction of sp³-hybridized carbons (Fsp3) is 0.167. The van der Waals surface area contributed by atoms with Crippen LogP contribution in [0, 0.1) is 5.82 Å². The van der Waals surface area contributed by atoms with Crippen molar-refractivity contribution in [1.82, 2.24) is 0 Å². The first-order valence-corrected chi connectivity index (χ1v) is 7.24. The Labute approximate surface area is 143 Å². The molecule has 1 aromatic rings. The van der Waals surface area contributed by atoms with Gasteiger partial charge in [-0.2, -0.15) is 8.78 Å². The summed E-state index contributed by atoms with van der Waals surface area (Å²) in [5, 5.41) is 2.84. The first kappa shape index (κ1) is 20.2. The van der Waals surface area contributed by atoms with Crippen molar-refractivity contribution in [2.24, 2.45) is 10.7 Å². The lowest BCUT2D eigenvalue weighted by molar-refractivity contribution is 0.161. The average Bonchev–Trinajstić information content (AvgIpc) is 2.52. The van der Waals surface area contributed by atoms with Crippen molar-refractivity contribution in [3.8, 4) is 0 Å². The van der Waals surface area contributed by atoms with Crippen LogP contribution in [0.25, 0.3) is 5.57 Å². The number of anilines is 1. The summed E-state index contributed by atoms with van der Waals surface area (Å²) in [5.74, 6) is -1.31. The molecule has 0 radical (unpaired) electrons. The molecule has 7 heteroatoms. The van der Waals surface area contributed by atoms with E-state index in [9.17, 15) is 17.6 Å². The van der Waals surface area contributed by atoms with Gasteiger partial charge in [0.1, 0.15) is 11.6 Å². The smallest absolute Gasteiger partial charge is 0.331 e. The molecule has 0 fully saturated rings. The number of nitrogens with one attached hydrogen (secondary N) is 1. The molecule has 0 spiro atoms. The number of aliphatic imine (C=N–C) groups is 1. The number of nitrogens with zero attached hydrogens (tertiary/aromatic N) is 1. The molecule has 0 heterocycles. The van der Waals surface area contributed by atoms with Gasteiger partial charge < -0.3 is 11.1 Å². The number of alkyl halides is 2. The molecule has 0 saturated carbocycles. The third kappa shape index (κ3) is 6.29. The van der Waals surface area contributed by atoms with Crippen molar-refractivity contribution in [2.45, 2.75) is 13.5 Å². The molecule has 0 atom stereocenters. The molecule has 3 N–H and O–H groups in total. The zero-order valence-corrected chi connectivity index (χ0v) is 13.7. The lowest BCUT2D eigenvalue weighted by atomic mass is 10.0. The van der Waals surface area contributed by atoms with Crippen LogP contribution in [-0.2, 0) is 0 Å². The van der Waals surface area contributed by atoms with E-state index >= 15 is 0 Å². The minimum atomic E-state index is -2.91. The Hall–Kier alpha value is -2.83. The summed E-state index contributed by atoms with van der Waals surface area (Å²) in [7, 11) is 0. The molecule has 25 heavy (non-hydrogen) atoms. The molecule has 1 aromatic carbocycles. The van der Waals surface area contributed by atoms with Gasteiger partial charge in [-0.05, 0) is 25.1 Å². The van der Waals surface area contributed by atoms with Crippen LogP contribution in [0.15, 0.2) is 65.6 Å². The maximum absolute atomic E-state index is 14.3. The van der Waals surface area contributed by atoms with E-state index in [0.29, 0.717) is 5.69 Å². The topological polar surface area (TPSA) is 50.4 Å². The number of hydrogen-bond donors (Lipinski definition) is 2. The molecule has 134 valence electrons. The number of halogens is 4. The van der Waals surface area contributed by atoms with E-state index in [0.717, 1.165) is 12.3 Å². The number of benzene rings is 1. The SMILES string of the molecule is C=C/C=C(/CNc1ccc(C(/C=N/C(F)F)=C(\C)N)c(F)c1)C(=C)F. The molecule has 0 bridgehead atoms. The normalized spacial score (nSPS) is 13.1. The summed E-state index contributed by atoms with van der Waals surface area (Å²) in [4.78, 5) is 2.94. The van der Waals surface area contributed by atoms with Crippen LogP contribution in [0.3, 0.4) is 0 Å². The highest BCUT2D eigenvalue weighted by atomic mass is 19.3. The lowest BCUT2D eigenvalue weighted by Gasteiger charge is -2.11. The van der Waals surface area contributed by atoms with E-state index in [1.54, 1.807) is 0 Å². The van der Waals surface area contributed by atoms with Gasteiger partial charge in [-0.25, -0.2) is 13.8 Å². The van der Waals surface area contributed by atoms with Gasteiger partial charge in [0.2, 0.25) is 0 Å².